The van der Waals surface area contributed by atoms with Crippen LogP contribution in [0.4, 0.5) is 0 Å². The molecule has 6 aliphatic carbocycles. The Hall–Kier alpha value is -3.39. The van der Waals surface area contributed by atoms with Crippen molar-refractivity contribution in [3.63, 3.8) is 0 Å². The summed E-state index contributed by atoms with van der Waals surface area (Å²) < 4.78 is 5.62. The van der Waals surface area contributed by atoms with E-state index in [1.165, 1.54) is 0 Å². The monoisotopic (exact) mass is 642 g/mol. The summed E-state index contributed by atoms with van der Waals surface area (Å²) in [4.78, 5) is 42.0. The van der Waals surface area contributed by atoms with E-state index in [4.69, 9.17) is 10.5 Å². The number of fused-ring (bicyclic) bond motifs is 6. The number of amides is 3. The largest absolute Gasteiger partial charge is 0.494 e. The molecule has 8 rings (SSSR count). The zero-order chi connectivity index (χ0) is 32.9. The van der Waals surface area contributed by atoms with Gasteiger partial charge in [-0.1, -0.05) is 42.5 Å². The molecule has 2 atom stereocenters. The van der Waals surface area contributed by atoms with E-state index in [2.05, 4.69) is 16.0 Å². The Morgan fingerprint density at radius 1 is 0.745 bits per heavy atom. The third-order valence-electron chi connectivity index (χ3n) is 12.4. The fraction of sp³-hybridized carbons (Fsp3) is 0.615. The maximum atomic E-state index is 14.2. The van der Waals surface area contributed by atoms with Gasteiger partial charge >= 0.3 is 0 Å². The van der Waals surface area contributed by atoms with Crippen LogP contribution in [-0.4, -0.2) is 49.5 Å². The van der Waals surface area contributed by atoms with Crippen molar-refractivity contribution >= 4 is 17.7 Å². The van der Waals surface area contributed by atoms with Crippen molar-refractivity contribution in [1.82, 2.24) is 16.0 Å². The molecule has 8 heteroatoms. The third-order valence-corrected chi connectivity index (χ3v) is 12.4. The average molecular weight is 643 g/mol. The molecule has 8 nitrogen and oxygen atoms in total. The summed E-state index contributed by atoms with van der Waals surface area (Å²) in [6.07, 6.45) is 13.2. The Morgan fingerprint density at radius 2 is 1.30 bits per heavy atom. The fourth-order valence-electron chi connectivity index (χ4n) is 8.88. The number of rotatable bonds is 14. The molecule has 2 aromatic carbocycles. The maximum absolute atomic E-state index is 14.2. The zero-order valence-electron chi connectivity index (χ0n) is 28.2. The molecule has 3 amide bonds. The summed E-state index contributed by atoms with van der Waals surface area (Å²) in [5.74, 6) is 0.976. The van der Waals surface area contributed by atoms with Gasteiger partial charge < -0.3 is 26.4 Å². The van der Waals surface area contributed by atoms with Crippen LogP contribution in [0, 0.1) is 22.2 Å². The van der Waals surface area contributed by atoms with E-state index in [0.29, 0.717) is 26.0 Å². The first-order chi connectivity index (χ1) is 22.7. The molecule has 2 unspecified atom stereocenters. The fourth-order valence-corrected chi connectivity index (χ4v) is 8.88. The van der Waals surface area contributed by atoms with Gasteiger partial charge in [0.15, 0.2) is 0 Å². The van der Waals surface area contributed by atoms with Crippen molar-refractivity contribution in [2.45, 2.75) is 109 Å². The van der Waals surface area contributed by atoms with Gasteiger partial charge in [0.05, 0.1) is 6.61 Å². The molecule has 254 valence electrons. The number of carbonyl (C=O) groups is 3. The summed E-state index contributed by atoms with van der Waals surface area (Å²) in [5, 5.41) is 9.55. The molecule has 6 aliphatic rings. The zero-order valence-corrected chi connectivity index (χ0v) is 28.2. The second kappa shape index (κ2) is 14.4. The van der Waals surface area contributed by atoms with E-state index >= 15 is 0 Å². The molecule has 5 N–H and O–H groups in total. The lowest BCUT2D eigenvalue weighted by Crippen LogP contribution is -2.58. The van der Waals surface area contributed by atoms with E-state index < -0.39 is 17.5 Å². The van der Waals surface area contributed by atoms with Crippen molar-refractivity contribution in [3.05, 3.63) is 65.7 Å². The van der Waals surface area contributed by atoms with Crippen molar-refractivity contribution < 1.29 is 19.1 Å². The Bertz CT molecular complexity index is 1350. The SMILES string of the molecule is CCOc1ccc(CC(NC(=O)C23CCC(CC2)CC3)C(=O)NC(Cc2ccccc2)C(=O)NCC23CCC(CN)(CC2)CC3)cc1. The number of hydrogen-bond donors (Lipinski definition) is 4. The van der Waals surface area contributed by atoms with Gasteiger partial charge in [-0.25, -0.2) is 0 Å². The van der Waals surface area contributed by atoms with Crippen LogP contribution in [0.5, 0.6) is 5.75 Å². The second-order valence-electron chi connectivity index (χ2n) is 15.2. The molecule has 2 aromatic rings. The molecule has 0 saturated heterocycles. The second-order valence-corrected chi connectivity index (χ2v) is 15.2. The highest BCUT2D eigenvalue weighted by atomic mass is 16.5. The molecule has 47 heavy (non-hydrogen) atoms. The molecule has 4 bridgehead atoms. The van der Waals surface area contributed by atoms with Gasteiger partial charge in [-0.15, -0.1) is 0 Å². The lowest BCUT2D eigenvalue weighted by molar-refractivity contribution is -0.140. The highest BCUT2D eigenvalue weighted by Crippen LogP contribution is 2.56. The third kappa shape index (κ3) is 7.69. The minimum absolute atomic E-state index is 0.0203. The Balaban J connectivity index is 1.18. The summed E-state index contributed by atoms with van der Waals surface area (Å²) in [5.41, 5.74) is 8.03. The van der Waals surface area contributed by atoms with E-state index in [1.54, 1.807) is 0 Å². The predicted molar refractivity (Wildman–Crippen MR) is 184 cm³/mol. The summed E-state index contributed by atoms with van der Waals surface area (Å²) in [6.45, 7) is 3.88. The van der Waals surface area contributed by atoms with E-state index in [-0.39, 0.29) is 28.6 Å². The van der Waals surface area contributed by atoms with Gasteiger partial charge in [-0.3, -0.25) is 14.4 Å². The molecule has 0 heterocycles. The number of ether oxygens (including phenoxy) is 1. The first-order valence-corrected chi connectivity index (χ1v) is 18.1. The van der Waals surface area contributed by atoms with Crippen LogP contribution in [0.2, 0.25) is 0 Å². The summed E-state index contributed by atoms with van der Waals surface area (Å²) in [6, 6.07) is 15.9. The molecule has 0 aromatic heterocycles. The van der Waals surface area contributed by atoms with Crippen molar-refractivity contribution in [1.29, 1.82) is 0 Å². The molecule has 6 saturated carbocycles. The normalized spacial score (nSPS) is 29.0. The maximum Gasteiger partial charge on any atom is 0.243 e. The minimum Gasteiger partial charge on any atom is -0.494 e. The molecule has 0 radical (unpaired) electrons. The van der Waals surface area contributed by atoms with Crippen LogP contribution >= 0.6 is 0 Å². The van der Waals surface area contributed by atoms with Gasteiger partial charge in [-0.2, -0.15) is 0 Å². The summed E-state index contributed by atoms with van der Waals surface area (Å²) >= 11 is 0. The summed E-state index contributed by atoms with van der Waals surface area (Å²) in [7, 11) is 0. The first-order valence-electron chi connectivity index (χ1n) is 18.1. The van der Waals surface area contributed by atoms with Gasteiger partial charge in [-0.05, 0) is 131 Å². The number of nitrogens with one attached hydrogen (secondary N) is 3. The number of carbonyl (C=O) groups excluding carboxylic acids is 3. The quantitative estimate of drug-likeness (QED) is 0.225. The molecular weight excluding hydrogens is 588 g/mol. The highest BCUT2D eigenvalue weighted by Gasteiger charge is 2.48. The van der Waals surface area contributed by atoms with Gasteiger partial charge in [0.1, 0.15) is 17.8 Å². The van der Waals surface area contributed by atoms with Crippen LogP contribution in [0.3, 0.4) is 0 Å². The van der Waals surface area contributed by atoms with Crippen LogP contribution in [0.1, 0.15) is 95.1 Å². The number of hydrogen-bond acceptors (Lipinski definition) is 5. The number of nitrogens with two attached hydrogens (primary N) is 1. The number of benzene rings is 2. The lowest BCUT2D eigenvalue weighted by Gasteiger charge is -2.53. The Morgan fingerprint density at radius 3 is 1.87 bits per heavy atom. The molecule has 0 aliphatic heterocycles. The molecule has 0 spiro atoms. The lowest BCUT2D eigenvalue weighted by atomic mass is 9.54. The van der Waals surface area contributed by atoms with E-state index in [9.17, 15) is 14.4 Å². The van der Waals surface area contributed by atoms with Gasteiger partial charge in [0, 0.05) is 24.8 Å². The predicted octanol–water partition coefficient (Wildman–Crippen LogP) is 5.23. The first kappa shape index (κ1) is 33.5. The molecule has 6 fully saturated rings. The standard InChI is InChI=1S/C39H54N4O4/c1-2-47-31-10-8-30(9-11-31)25-33(43-36(46)39-15-12-28(13-16-39)14-17-39)35(45)42-32(24-29-6-4-3-5-7-29)34(44)41-27-38-21-18-37(26-40,19-22-38)20-23-38/h3-11,28,32-33H,2,12-27,40H2,1H3,(H,41,44)(H,42,45)(H,43,46). The molecular formula is C39H54N4O4. The van der Waals surface area contributed by atoms with Gasteiger partial charge in [0.25, 0.3) is 0 Å². The minimum atomic E-state index is -0.805. The smallest absolute Gasteiger partial charge is 0.243 e. The van der Waals surface area contributed by atoms with E-state index in [0.717, 1.165) is 106 Å². The van der Waals surface area contributed by atoms with Crippen molar-refractivity contribution in [3.8, 4) is 5.75 Å². The van der Waals surface area contributed by atoms with Gasteiger partial charge in [0.2, 0.25) is 17.7 Å². The van der Waals surface area contributed by atoms with E-state index in [1.807, 2.05) is 61.5 Å². The van der Waals surface area contributed by atoms with Crippen molar-refractivity contribution in [2.24, 2.45) is 27.9 Å². The highest BCUT2D eigenvalue weighted by molar-refractivity contribution is 5.93. The van der Waals surface area contributed by atoms with Crippen LogP contribution in [0.15, 0.2) is 54.6 Å². The van der Waals surface area contributed by atoms with Crippen LogP contribution in [-0.2, 0) is 27.2 Å². The van der Waals surface area contributed by atoms with Crippen LogP contribution < -0.4 is 26.4 Å². The Labute approximate surface area is 280 Å². The Kier molecular flexibility index (Phi) is 10.3. The topological polar surface area (TPSA) is 123 Å². The van der Waals surface area contributed by atoms with Crippen molar-refractivity contribution in [2.75, 3.05) is 19.7 Å². The average Bonchev–Trinajstić information content (AvgIpc) is 3.13. The van der Waals surface area contributed by atoms with Crippen LogP contribution in [0.25, 0.3) is 0 Å².